The molecule has 2 aromatic carbocycles. The van der Waals surface area contributed by atoms with Gasteiger partial charge in [-0.1, -0.05) is 12.1 Å². The minimum atomic E-state index is -0.0936. The smallest absolute Gasteiger partial charge is 0.238 e. The van der Waals surface area contributed by atoms with Crippen molar-refractivity contribution in [1.82, 2.24) is 10.6 Å². The lowest BCUT2D eigenvalue weighted by Crippen LogP contribution is -2.33. The number of amides is 1. The number of rotatable bonds is 13. The number of anilines is 1. The van der Waals surface area contributed by atoms with Gasteiger partial charge in [-0.15, -0.1) is 0 Å². The van der Waals surface area contributed by atoms with E-state index in [2.05, 4.69) is 16.0 Å². The molecule has 0 aromatic heterocycles. The summed E-state index contributed by atoms with van der Waals surface area (Å²) in [7, 11) is 0. The fourth-order valence-electron chi connectivity index (χ4n) is 4.24. The molecule has 0 radical (unpaired) electrons. The summed E-state index contributed by atoms with van der Waals surface area (Å²) in [5.41, 5.74) is 1.66. The summed E-state index contributed by atoms with van der Waals surface area (Å²) in [6.45, 7) is 3.66. The van der Waals surface area contributed by atoms with Gasteiger partial charge in [-0.25, -0.2) is 0 Å². The summed E-state index contributed by atoms with van der Waals surface area (Å²) in [5, 5.41) is 9.21. The number of ketones is 1. The molecule has 2 aromatic rings. The maximum Gasteiger partial charge on any atom is 0.238 e. The first-order valence-electron chi connectivity index (χ1n) is 12.5. The summed E-state index contributed by atoms with van der Waals surface area (Å²) >= 11 is 0. The number of Topliss-reactive ketones (excluding diaryl/α,β-unsaturated/α-hetero) is 1. The van der Waals surface area contributed by atoms with E-state index in [-0.39, 0.29) is 30.4 Å². The molecule has 2 heterocycles. The van der Waals surface area contributed by atoms with E-state index < -0.39 is 0 Å². The van der Waals surface area contributed by atoms with Gasteiger partial charge in [-0.3, -0.25) is 9.59 Å². The minimum absolute atomic E-state index is 0.0936. The standard InChI is InChI=1S/C27H35N3O5/c31-22(16-28-17-25-3-1-13-33-25)15-20-5-9-23(10-6-20)35-24-11-7-21(8-12-24)30-27(32)19-29-18-26-4-2-14-34-26/h5-12,25-26,28-29H,1-4,13-19H2,(H,30,32)/t25-,26+/m0/s1. The van der Waals surface area contributed by atoms with Gasteiger partial charge >= 0.3 is 0 Å². The Morgan fingerprint density at radius 1 is 0.800 bits per heavy atom. The van der Waals surface area contributed by atoms with Crippen LogP contribution in [0.3, 0.4) is 0 Å². The lowest BCUT2D eigenvalue weighted by Gasteiger charge is -2.11. The highest BCUT2D eigenvalue weighted by Gasteiger charge is 2.16. The van der Waals surface area contributed by atoms with Crippen molar-refractivity contribution in [2.24, 2.45) is 0 Å². The molecule has 0 saturated carbocycles. The van der Waals surface area contributed by atoms with Gasteiger partial charge in [0.1, 0.15) is 11.5 Å². The monoisotopic (exact) mass is 481 g/mol. The number of benzene rings is 2. The maximum atomic E-state index is 12.2. The second-order valence-electron chi connectivity index (χ2n) is 9.07. The van der Waals surface area contributed by atoms with E-state index in [0.717, 1.165) is 51.0 Å². The Morgan fingerprint density at radius 2 is 1.37 bits per heavy atom. The van der Waals surface area contributed by atoms with Crippen LogP contribution in [0.4, 0.5) is 5.69 Å². The Kier molecular flexibility index (Phi) is 9.65. The summed E-state index contributed by atoms with van der Waals surface area (Å²) in [5.74, 6) is 1.41. The van der Waals surface area contributed by atoms with Gasteiger partial charge in [-0.05, 0) is 67.6 Å². The molecule has 0 spiro atoms. The Labute approximate surface area is 206 Å². The van der Waals surface area contributed by atoms with Crippen LogP contribution in [0.2, 0.25) is 0 Å². The molecule has 8 heteroatoms. The number of ether oxygens (including phenoxy) is 3. The molecule has 2 atom stereocenters. The van der Waals surface area contributed by atoms with Gasteiger partial charge in [-0.2, -0.15) is 0 Å². The maximum absolute atomic E-state index is 12.2. The summed E-state index contributed by atoms with van der Waals surface area (Å²) in [4.78, 5) is 24.3. The normalized spacial score (nSPS) is 19.5. The number of nitrogens with one attached hydrogen (secondary N) is 3. The molecule has 2 aliphatic rings. The van der Waals surface area contributed by atoms with Crippen molar-refractivity contribution < 1.29 is 23.8 Å². The summed E-state index contributed by atoms with van der Waals surface area (Å²) in [6, 6.07) is 14.8. The molecule has 2 saturated heterocycles. The lowest BCUT2D eigenvalue weighted by atomic mass is 10.1. The predicted molar refractivity (Wildman–Crippen MR) is 134 cm³/mol. The van der Waals surface area contributed by atoms with Gasteiger partial charge in [0.15, 0.2) is 5.78 Å². The van der Waals surface area contributed by atoms with Gasteiger partial charge < -0.3 is 30.2 Å². The van der Waals surface area contributed by atoms with E-state index in [1.807, 2.05) is 48.5 Å². The molecular formula is C27H35N3O5. The molecule has 0 bridgehead atoms. The van der Waals surface area contributed by atoms with Crippen LogP contribution in [-0.2, 0) is 25.5 Å². The van der Waals surface area contributed by atoms with Crippen LogP contribution in [-0.4, -0.2) is 63.3 Å². The predicted octanol–water partition coefficient (Wildman–Crippen LogP) is 3.07. The van der Waals surface area contributed by atoms with Crippen molar-refractivity contribution in [2.45, 2.75) is 44.3 Å². The molecule has 0 unspecified atom stereocenters. The van der Waals surface area contributed by atoms with Crippen LogP contribution in [0.1, 0.15) is 31.2 Å². The highest BCUT2D eigenvalue weighted by atomic mass is 16.5. The SMILES string of the molecule is O=C(CNC[C@@H]1CCCO1)Cc1ccc(Oc2ccc(NC(=O)CNC[C@H]3CCCO3)cc2)cc1. The molecule has 4 rings (SSSR count). The number of carbonyl (C=O) groups excluding carboxylic acids is 2. The molecule has 1 amide bonds. The van der Waals surface area contributed by atoms with Crippen molar-refractivity contribution in [1.29, 1.82) is 0 Å². The Bertz CT molecular complexity index is 859. The van der Waals surface area contributed by atoms with Crippen molar-refractivity contribution in [3.63, 3.8) is 0 Å². The second-order valence-corrected chi connectivity index (χ2v) is 9.07. The van der Waals surface area contributed by atoms with Crippen LogP contribution in [0, 0.1) is 0 Å². The third kappa shape index (κ3) is 8.74. The molecule has 3 N–H and O–H groups in total. The topological polar surface area (TPSA) is 97.9 Å². The third-order valence-electron chi connectivity index (χ3n) is 6.10. The largest absolute Gasteiger partial charge is 0.457 e. The van der Waals surface area contributed by atoms with E-state index in [1.54, 1.807) is 0 Å². The van der Waals surface area contributed by atoms with Gasteiger partial charge in [0, 0.05) is 38.4 Å². The van der Waals surface area contributed by atoms with Crippen LogP contribution < -0.4 is 20.7 Å². The molecule has 188 valence electrons. The first-order valence-corrected chi connectivity index (χ1v) is 12.5. The van der Waals surface area contributed by atoms with Crippen molar-refractivity contribution in [3.05, 3.63) is 54.1 Å². The molecule has 0 aliphatic carbocycles. The highest BCUT2D eigenvalue weighted by Crippen LogP contribution is 2.23. The van der Waals surface area contributed by atoms with Crippen LogP contribution in [0.15, 0.2) is 48.5 Å². The van der Waals surface area contributed by atoms with Crippen LogP contribution in [0.25, 0.3) is 0 Å². The lowest BCUT2D eigenvalue weighted by molar-refractivity contribution is -0.118. The quantitative estimate of drug-likeness (QED) is 0.405. The first-order chi connectivity index (χ1) is 17.1. The van der Waals surface area contributed by atoms with E-state index >= 15 is 0 Å². The second kappa shape index (κ2) is 13.3. The zero-order valence-corrected chi connectivity index (χ0v) is 20.1. The number of hydrogen-bond acceptors (Lipinski definition) is 7. The zero-order chi connectivity index (χ0) is 24.3. The Hall–Kier alpha value is -2.78. The van der Waals surface area contributed by atoms with E-state index in [0.29, 0.717) is 36.7 Å². The fourth-order valence-corrected chi connectivity index (χ4v) is 4.24. The highest BCUT2D eigenvalue weighted by molar-refractivity contribution is 5.92. The fraction of sp³-hybridized carbons (Fsp3) is 0.481. The van der Waals surface area contributed by atoms with Gasteiger partial charge in [0.25, 0.3) is 0 Å². The minimum Gasteiger partial charge on any atom is -0.457 e. The van der Waals surface area contributed by atoms with Crippen molar-refractivity contribution in [3.8, 4) is 11.5 Å². The molecule has 2 fully saturated rings. The molecular weight excluding hydrogens is 446 g/mol. The number of carbonyl (C=O) groups is 2. The average molecular weight is 482 g/mol. The third-order valence-corrected chi connectivity index (χ3v) is 6.10. The van der Waals surface area contributed by atoms with E-state index in [4.69, 9.17) is 14.2 Å². The van der Waals surface area contributed by atoms with Crippen molar-refractivity contribution >= 4 is 17.4 Å². The Balaban J connectivity index is 1.15. The molecule has 2 aliphatic heterocycles. The molecule has 35 heavy (non-hydrogen) atoms. The van der Waals surface area contributed by atoms with Crippen molar-refractivity contribution in [2.75, 3.05) is 44.7 Å². The summed E-state index contributed by atoms with van der Waals surface area (Å²) in [6.07, 6.45) is 5.14. The van der Waals surface area contributed by atoms with E-state index in [1.165, 1.54) is 0 Å². The van der Waals surface area contributed by atoms with E-state index in [9.17, 15) is 9.59 Å². The number of hydrogen-bond donors (Lipinski definition) is 3. The Morgan fingerprint density at radius 3 is 1.94 bits per heavy atom. The average Bonchev–Trinajstić information content (AvgIpc) is 3.56. The first kappa shape index (κ1) is 25.3. The van der Waals surface area contributed by atoms with Crippen LogP contribution in [0.5, 0.6) is 11.5 Å². The summed E-state index contributed by atoms with van der Waals surface area (Å²) < 4.78 is 17.0. The zero-order valence-electron chi connectivity index (χ0n) is 20.1. The van der Waals surface area contributed by atoms with Gasteiger partial charge in [0.2, 0.25) is 5.91 Å². The van der Waals surface area contributed by atoms with Crippen LogP contribution >= 0.6 is 0 Å². The van der Waals surface area contributed by atoms with Gasteiger partial charge in [0.05, 0.1) is 25.3 Å². The molecule has 8 nitrogen and oxygen atoms in total.